The van der Waals surface area contributed by atoms with Gasteiger partial charge in [0, 0.05) is 30.6 Å². The molecule has 21 heavy (non-hydrogen) atoms. The van der Waals surface area contributed by atoms with Crippen LogP contribution >= 0.6 is 0 Å². The van der Waals surface area contributed by atoms with E-state index in [2.05, 4.69) is 10.6 Å². The molecule has 2 heterocycles. The van der Waals surface area contributed by atoms with Gasteiger partial charge in [0.25, 0.3) is 5.91 Å². The van der Waals surface area contributed by atoms with Crippen LogP contribution in [0, 0.1) is 0 Å². The van der Waals surface area contributed by atoms with E-state index in [0.29, 0.717) is 11.8 Å². The molecule has 0 spiro atoms. The Balaban J connectivity index is 1.57. The standard InChI is InChI=1S/C16H18N2O3/c19-16(15-2-1-9-21-15)18-13-5-3-12(4-6-13)17-14-7-10-20-11-8-14/h1-6,9,14,17H,7-8,10-11H2,(H,18,19). The fourth-order valence-electron chi connectivity index (χ4n) is 2.33. The Hall–Kier alpha value is -2.27. The number of carbonyl (C=O) groups excluding carboxylic acids is 1. The van der Waals surface area contributed by atoms with Gasteiger partial charge in [-0.3, -0.25) is 4.79 Å². The van der Waals surface area contributed by atoms with Crippen LogP contribution in [-0.4, -0.2) is 25.2 Å². The summed E-state index contributed by atoms with van der Waals surface area (Å²) in [6.45, 7) is 1.63. The SMILES string of the molecule is O=C(Nc1ccc(NC2CCOCC2)cc1)c1ccco1. The molecule has 110 valence electrons. The van der Waals surface area contributed by atoms with Gasteiger partial charge in [-0.15, -0.1) is 0 Å². The van der Waals surface area contributed by atoms with E-state index in [-0.39, 0.29) is 5.91 Å². The average molecular weight is 286 g/mol. The lowest BCUT2D eigenvalue weighted by Gasteiger charge is -2.24. The maximum absolute atomic E-state index is 11.8. The highest BCUT2D eigenvalue weighted by Gasteiger charge is 2.13. The molecular formula is C16H18N2O3. The first-order valence-corrected chi connectivity index (χ1v) is 7.10. The van der Waals surface area contributed by atoms with Crippen LogP contribution in [0.4, 0.5) is 11.4 Å². The summed E-state index contributed by atoms with van der Waals surface area (Å²) in [4.78, 5) is 11.8. The number of hydrogen-bond acceptors (Lipinski definition) is 4. The molecule has 3 rings (SSSR count). The van der Waals surface area contributed by atoms with Gasteiger partial charge in [0.2, 0.25) is 0 Å². The van der Waals surface area contributed by atoms with Gasteiger partial charge in [-0.2, -0.15) is 0 Å². The molecule has 1 aliphatic heterocycles. The summed E-state index contributed by atoms with van der Waals surface area (Å²) in [5.41, 5.74) is 1.80. The lowest BCUT2D eigenvalue weighted by molar-refractivity contribution is 0.0904. The Bertz CT molecular complexity index is 572. The van der Waals surface area contributed by atoms with E-state index in [1.54, 1.807) is 12.1 Å². The molecule has 5 heteroatoms. The number of furan rings is 1. The third-order valence-electron chi connectivity index (χ3n) is 3.48. The van der Waals surface area contributed by atoms with Crippen LogP contribution in [0.1, 0.15) is 23.4 Å². The zero-order valence-corrected chi connectivity index (χ0v) is 11.7. The summed E-state index contributed by atoms with van der Waals surface area (Å²) >= 11 is 0. The Labute approximate surface area is 123 Å². The van der Waals surface area contributed by atoms with Crippen molar-refractivity contribution < 1.29 is 13.9 Å². The summed E-state index contributed by atoms with van der Waals surface area (Å²) in [5.74, 6) is 0.0598. The number of nitrogens with one attached hydrogen (secondary N) is 2. The van der Waals surface area contributed by atoms with Crippen molar-refractivity contribution in [3.05, 3.63) is 48.4 Å². The maximum atomic E-state index is 11.8. The van der Waals surface area contributed by atoms with Gasteiger partial charge >= 0.3 is 0 Å². The topological polar surface area (TPSA) is 63.5 Å². The van der Waals surface area contributed by atoms with E-state index < -0.39 is 0 Å². The Morgan fingerprint density at radius 1 is 1.05 bits per heavy atom. The van der Waals surface area contributed by atoms with E-state index in [4.69, 9.17) is 9.15 Å². The number of hydrogen-bond donors (Lipinski definition) is 2. The molecule has 2 aromatic rings. The molecule has 0 radical (unpaired) electrons. The van der Waals surface area contributed by atoms with Crippen molar-refractivity contribution in [3.8, 4) is 0 Å². The van der Waals surface area contributed by atoms with Gasteiger partial charge in [-0.05, 0) is 49.2 Å². The van der Waals surface area contributed by atoms with Crippen LogP contribution in [0.5, 0.6) is 0 Å². The third-order valence-corrected chi connectivity index (χ3v) is 3.48. The number of ether oxygens (including phenoxy) is 1. The summed E-state index contributed by atoms with van der Waals surface area (Å²) in [5, 5.41) is 6.27. The lowest BCUT2D eigenvalue weighted by Crippen LogP contribution is -2.27. The predicted molar refractivity (Wildman–Crippen MR) is 80.6 cm³/mol. The van der Waals surface area contributed by atoms with Crippen LogP contribution in [0.25, 0.3) is 0 Å². The van der Waals surface area contributed by atoms with E-state index >= 15 is 0 Å². The summed E-state index contributed by atoms with van der Waals surface area (Å²) < 4.78 is 10.4. The summed E-state index contributed by atoms with van der Waals surface area (Å²) in [6, 6.07) is 11.5. The second-order valence-corrected chi connectivity index (χ2v) is 5.04. The van der Waals surface area contributed by atoms with Crippen molar-refractivity contribution in [1.82, 2.24) is 0 Å². The van der Waals surface area contributed by atoms with Crippen LogP contribution < -0.4 is 10.6 Å². The Kier molecular flexibility index (Phi) is 4.21. The largest absolute Gasteiger partial charge is 0.459 e. The van der Waals surface area contributed by atoms with Crippen molar-refractivity contribution in [2.24, 2.45) is 0 Å². The molecule has 0 bridgehead atoms. The molecule has 1 amide bonds. The molecule has 1 fully saturated rings. The van der Waals surface area contributed by atoms with Crippen LogP contribution in [0.2, 0.25) is 0 Å². The van der Waals surface area contributed by atoms with E-state index in [1.807, 2.05) is 24.3 Å². The fourth-order valence-corrected chi connectivity index (χ4v) is 2.33. The van der Waals surface area contributed by atoms with Crippen molar-refractivity contribution in [1.29, 1.82) is 0 Å². The van der Waals surface area contributed by atoms with E-state index in [1.165, 1.54) is 6.26 Å². The highest BCUT2D eigenvalue weighted by atomic mass is 16.5. The van der Waals surface area contributed by atoms with Crippen LogP contribution in [-0.2, 0) is 4.74 Å². The van der Waals surface area contributed by atoms with Crippen LogP contribution in [0.15, 0.2) is 47.1 Å². The number of carbonyl (C=O) groups is 1. The minimum absolute atomic E-state index is 0.245. The van der Waals surface area contributed by atoms with Gasteiger partial charge < -0.3 is 19.8 Å². The second-order valence-electron chi connectivity index (χ2n) is 5.04. The number of amides is 1. The first kappa shape index (κ1) is 13.7. The van der Waals surface area contributed by atoms with Gasteiger partial charge in [0.1, 0.15) is 0 Å². The minimum Gasteiger partial charge on any atom is -0.459 e. The predicted octanol–water partition coefficient (Wildman–Crippen LogP) is 3.12. The van der Waals surface area contributed by atoms with E-state index in [0.717, 1.165) is 37.4 Å². The van der Waals surface area contributed by atoms with Gasteiger partial charge in [-0.25, -0.2) is 0 Å². The summed E-state index contributed by atoms with van der Waals surface area (Å²) in [6.07, 6.45) is 3.53. The molecule has 0 aliphatic carbocycles. The number of benzene rings is 1. The van der Waals surface area contributed by atoms with Crippen LogP contribution in [0.3, 0.4) is 0 Å². The Morgan fingerprint density at radius 2 is 1.76 bits per heavy atom. The molecule has 1 aromatic carbocycles. The molecule has 1 saturated heterocycles. The molecule has 1 aliphatic rings. The first-order valence-electron chi connectivity index (χ1n) is 7.10. The molecule has 2 N–H and O–H groups in total. The highest BCUT2D eigenvalue weighted by Crippen LogP contribution is 2.18. The molecule has 1 aromatic heterocycles. The highest BCUT2D eigenvalue weighted by molar-refractivity contribution is 6.02. The zero-order chi connectivity index (χ0) is 14.5. The smallest absolute Gasteiger partial charge is 0.291 e. The van der Waals surface area contributed by atoms with Crippen molar-refractivity contribution in [2.45, 2.75) is 18.9 Å². The van der Waals surface area contributed by atoms with Gasteiger partial charge in [0.05, 0.1) is 6.26 Å². The minimum atomic E-state index is -0.245. The summed E-state index contributed by atoms with van der Waals surface area (Å²) in [7, 11) is 0. The quantitative estimate of drug-likeness (QED) is 0.906. The number of rotatable bonds is 4. The average Bonchev–Trinajstić information content (AvgIpc) is 3.05. The second kappa shape index (κ2) is 6.45. The maximum Gasteiger partial charge on any atom is 0.291 e. The number of anilines is 2. The molecule has 0 saturated carbocycles. The zero-order valence-electron chi connectivity index (χ0n) is 11.7. The van der Waals surface area contributed by atoms with Crippen molar-refractivity contribution in [2.75, 3.05) is 23.8 Å². The molecule has 0 unspecified atom stereocenters. The van der Waals surface area contributed by atoms with Gasteiger partial charge in [0.15, 0.2) is 5.76 Å². The normalized spacial score (nSPS) is 15.6. The monoisotopic (exact) mass is 286 g/mol. The molecule has 5 nitrogen and oxygen atoms in total. The van der Waals surface area contributed by atoms with Gasteiger partial charge in [-0.1, -0.05) is 0 Å². The van der Waals surface area contributed by atoms with Crippen molar-refractivity contribution >= 4 is 17.3 Å². The fraction of sp³-hybridized carbons (Fsp3) is 0.312. The molecule has 0 atom stereocenters. The third kappa shape index (κ3) is 3.64. The van der Waals surface area contributed by atoms with E-state index in [9.17, 15) is 4.79 Å². The van der Waals surface area contributed by atoms with Crippen molar-refractivity contribution in [3.63, 3.8) is 0 Å². The Morgan fingerprint density at radius 3 is 2.43 bits per heavy atom. The first-order chi connectivity index (χ1) is 10.3. The molecular weight excluding hydrogens is 268 g/mol. The lowest BCUT2D eigenvalue weighted by atomic mass is 10.1.